The van der Waals surface area contributed by atoms with Crippen molar-refractivity contribution in [2.75, 3.05) is 0 Å². The molecule has 80 valence electrons. The number of hydrogen-bond acceptors (Lipinski definition) is 0. The molecule has 1 spiro atoms. The van der Waals surface area contributed by atoms with E-state index < -0.39 is 0 Å². The Morgan fingerprint density at radius 2 is 2.25 bits per heavy atom. The quantitative estimate of drug-likeness (QED) is 0.651. The molecule has 3 aliphatic rings. The summed E-state index contributed by atoms with van der Waals surface area (Å²) in [4.78, 5) is 0. The largest absolute Gasteiger partial charge is 0.0726 e. The Labute approximate surface area is 96.7 Å². The van der Waals surface area contributed by atoms with E-state index in [-0.39, 0.29) is 0 Å². The Hall–Kier alpha value is -1.30. The molecule has 3 aliphatic carbocycles. The van der Waals surface area contributed by atoms with E-state index in [0.29, 0.717) is 5.41 Å². The molecule has 0 aliphatic heterocycles. The lowest BCUT2D eigenvalue weighted by Gasteiger charge is -2.34. The first-order chi connectivity index (χ1) is 7.78. The molecule has 2 saturated carbocycles. The minimum Gasteiger partial charge on any atom is -0.0726 e. The van der Waals surface area contributed by atoms with E-state index in [1.54, 1.807) is 5.57 Å². The average molecular weight is 208 g/mol. The van der Waals surface area contributed by atoms with Crippen molar-refractivity contribution < 1.29 is 0 Å². The highest BCUT2D eigenvalue weighted by molar-refractivity contribution is 5.79. The number of aryl methyl sites for hydroxylation is 1. The molecule has 2 unspecified atom stereocenters. The third-order valence-electron chi connectivity index (χ3n) is 4.68. The zero-order chi connectivity index (χ0) is 10.8. The van der Waals surface area contributed by atoms with Gasteiger partial charge in [-0.1, -0.05) is 47.6 Å². The summed E-state index contributed by atoms with van der Waals surface area (Å²) in [6, 6.07) is 8.88. The minimum absolute atomic E-state index is 0.674. The molecule has 0 amide bonds. The molecule has 2 fully saturated rings. The zero-order valence-electron chi connectivity index (χ0n) is 9.66. The predicted octanol–water partition coefficient (Wildman–Crippen LogP) is 4.12. The first kappa shape index (κ1) is 8.81. The number of rotatable bonds is 1. The lowest BCUT2D eigenvalue weighted by atomic mass is 9.70. The summed E-state index contributed by atoms with van der Waals surface area (Å²) in [6.45, 7) is 2.17. The SMILES string of the molecule is Cc1cccc(C2=CC3CC34CCC4=C2)c1. The third-order valence-corrected chi connectivity index (χ3v) is 4.68. The summed E-state index contributed by atoms with van der Waals surface area (Å²) >= 11 is 0. The summed E-state index contributed by atoms with van der Waals surface area (Å²) in [6.07, 6.45) is 9.19. The van der Waals surface area contributed by atoms with E-state index in [0.717, 1.165) is 5.92 Å². The Balaban J connectivity index is 1.78. The normalized spacial score (nSPS) is 34.2. The van der Waals surface area contributed by atoms with Crippen molar-refractivity contribution in [2.24, 2.45) is 11.3 Å². The smallest absolute Gasteiger partial charge is 0.00124 e. The van der Waals surface area contributed by atoms with Crippen LogP contribution in [0, 0.1) is 18.3 Å². The van der Waals surface area contributed by atoms with Crippen molar-refractivity contribution in [3.63, 3.8) is 0 Å². The monoisotopic (exact) mass is 208 g/mol. The molecule has 1 aromatic carbocycles. The van der Waals surface area contributed by atoms with Gasteiger partial charge in [0.1, 0.15) is 0 Å². The number of allylic oxidation sites excluding steroid dienone is 4. The van der Waals surface area contributed by atoms with Gasteiger partial charge in [0.05, 0.1) is 0 Å². The van der Waals surface area contributed by atoms with Gasteiger partial charge in [-0.05, 0) is 48.7 Å². The lowest BCUT2D eigenvalue weighted by molar-refractivity contribution is 0.397. The molecule has 0 heterocycles. The van der Waals surface area contributed by atoms with Crippen molar-refractivity contribution in [1.82, 2.24) is 0 Å². The van der Waals surface area contributed by atoms with Crippen LogP contribution in [0.25, 0.3) is 5.57 Å². The van der Waals surface area contributed by atoms with Gasteiger partial charge in [0, 0.05) is 0 Å². The Morgan fingerprint density at radius 3 is 2.94 bits per heavy atom. The summed E-state index contributed by atoms with van der Waals surface area (Å²) in [7, 11) is 0. The van der Waals surface area contributed by atoms with Gasteiger partial charge in [-0.3, -0.25) is 0 Å². The van der Waals surface area contributed by atoms with Gasteiger partial charge >= 0.3 is 0 Å². The van der Waals surface area contributed by atoms with Crippen LogP contribution in [-0.4, -0.2) is 0 Å². The topological polar surface area (TPSA) is 0 Å². The summed E-state index contributed by atoms with van der Waals surface area (Å²) < 4.78 is 0. The van der Waals surface area contributed by atoms with Gasteiger partial charge in [-0.25, -0.2) is 0 Å². The minimum atomic E-state index is 0.674. The van der Waals surface area contributed by atoms with Crippen LogP contribution in [0.5, 0.6) is 0 Å². The van der Waals surface area contributed by atoms with E-state index in [1.807, 2.05) is 0 Å². The molecule has 2 atom stereocenters. The second-order valence-corrected chi connectivity index (χ2v) is 5.63. The van der Waals surface area contributed by atoms with Crippen LogP contribution in [0.15, 0.2) is 42.0 Å². The zero-order valence-corrected chi connectivity index (χ0v) is 9.66. The predicted molar refractivity (Wildman–Crippen MR) is 67.0 cm³/mol. The maximum absolute atomic E-state index is 2.51. The number of hydrogen-bond donors (Lipinski definition) is 0. The molecule has 0 bridgehead atoms. The third kappa shape index (κ3) is 1.000. The molecule has 0 heteroatoms. The second-order valence-electron chi connectivity index (χ2n) is 5.63. The van der Waals surface area contributed by atoms with Crippen LogP contribution in [-0.2, 0) is 0 Å². The molecule has 0 aromatic heterocycles. The maximum Gasteiger partial charge on any atom is -0.00124 e. The molecule has 4 rings (SSSR count). The van der Waals surface area contributed by atoms with Crippen LogP contribution >= 0.6 is 0 Å². The maximum atomic E-state index is 2.51. The second kappa shape index (κ2) is 2.68. The highest BCUT2D eigenvalue weighted by atomic mass is 14.6. The van der Waals surface area contributed by atoms with Crippen LogP contribution in [0.4, 0.5) is 0 Å². The van der Waals surface area contributed by atoms with Crippen molar-refractivity contribution in [1.29, 1.82) is 0 Å². The molecular weight excluding hydrogens is 192 g/mol. The van der Waals surface area contributed by atoms with Crippen molar-refractivity contribution in [2.45, 2.75) is 26.2 Å². The van der Waals surface area contributed by atoms with Gasteiger partial charge in [0.2, 0.25) is 0 Å². The van der Waals surface area contributed by atoms with Gasteiger partial charge < -0.3 is 0 Å². The van der Waals surface area contributed by atoms with Gasteiger partial charge in [0.15, 0.2) is 0 Å². The molecule has 16 heavy (non-hydrogen) atoms. The van der Waals surface area contributed by atoms with Crippen LogP contribution in [0.2, 0.25) is 0 Å². The molecule has 0 radical (unpaired) electrons. The average Bonchev–Trinajstić information content (AvgIpc) is 2.99. The van der Waals surface area contributed by atoms with E-state index in [4.69, 9.17) is 0 Å². The van der Waals surface area contributed by atoms with Crippen molar-refractivity contribution in [3.8, 4) is 0 Å². The fraction of sp³-hybridized carbons (Fsp3) is 0.375. The van der Waals surface area contributed by atoms with E-state index in [2.05, 4.69) is 43.3 Å². The van der Waals surface area contributed by atoms with E-state index in [9.17, 15) is 0 Å². The highest BCUT2D eigenvalue weighted by Gasteiger charge is 2.60. The first-order valence-corrected chi connectivity index (χ1v) is 6.28. The van der Waals surface area contributed by atoms with Crippen molar-refractivity contribution >= 4 is 5.57 Å². The summed E-state index contributed by atoms with van der Waals surface area (Å²) in [5.74, 6) is 0.872. The molecule has 0 N–H and O–H groups in total. The lowest BCUT2D eigenvalue weighted by Crippen LogP contribution is -2.21. The van der Waals surface area contributed by atoms with Crippen molar-refractivity contribution in [3.05, 3.63) is 53.1 Å². The number of benzene rings is 1. The van der Waals surface area contributed by atoms with Gasteiger partial charge in [-0.15, -0.1) is 0 Å². The molecule has 0 saturated heterocycles. The fourth-order valence-corrected chi connectivity index (χ4v) is 3.47. The fourth-order valence-electron chi connectivity index (χ4n) is 3.47. The van der Waals surface area contributed by atoms with Crippen LogP contribution in [0.3, 0.4) is 0 Å². The Bertz CT molecular complexity index is 533. The molecular formula is C16H16. The van der Waals surface area contributed by atoms with E-state index in [1.165, 1.54) is 36.0 Å². The summed E-state index contributed by atoms with van der Waals surface area (Å²) in [5, 5.41) is 0. The van der Waals surface area contributed by atoms with Crippen LogP contribution < -0.4 is 0 Å². The summed E-state index contributed by atoms with van der Waals surface area (Å²) in [5.41, 5.74) is 6.64. The standard InChI is InChI=1S/C16H16/c1-11-3-2-4-12(7-11)13-8-14-5-6-16(14)10-15(16)9-13/h2-4,7-9,15H,5-6,10H2,1H3. The van der Waals surface area contributed by atoms with Gasteiger partial charge in [-0.2, -0.15) is 0 Å². The van der Waals surface area contributed by atoms with E-state index >= 15 is 0 Å². The van der Waals surface area contributed by atoms with Gasteiger partial charge in [0.25, 0.3) is 0 Å². The van der Waals surface area contributed by atoms with Crippen LogP contribution in [0.1, 0.15) is 30.4 Å². The Kier molecular flexibility index (Phi) is 1.48. The Morgan fingerprint density at radius 1 is 1.31 bits per heavy atom. The first-order valence-electron chi connectivity index (χ1n) is 6.28. The molecule has 1 aromatic rings. The highest BCUT2D eigenvalue weighted by Crippen LogP contribution is 2.71. The molecule has 0 nitrogen and oxygen atoms in total.